The molecule has 244 valence electrons. The Bertz CT molecular complexity index is 3080. The molecule has 0 bridgehead atoms. The zero-order chi connectivity index (χ0) is 33.5. The van der Waals surface area contributed by atoms with Gasteiger partial charge in [-0.3, -0.25) is 0 Å². The summed E-state index contributed by atoms with van der Waals surface area (Å²) in [5.74, 6) is 0. The Kier molecular flexibility index (Phi) is 7.28. The van der Waals surface area contributed by atoms with Gasteiger partial charge in [0.1, 0.15) is 5.58 Å². The Morgan fingerprint density at radius 2 is 1.37 bits per heavy atom. The van der Waals surface area contributed by atoms with Gasteiger partial charge in [-0.25, -0.2) is 0 Å². The number of nitrogens with zero attached hydrogens (tertiary/aromatic N) is 4. The van der Waals surface area contributed by atoms with Crippen LogP contribution in [0.25, 0.3) is 88.0 Å². The van der Waals surface area contributed by atoms with Crippen LogP contribution in [0.4, 0.5) is 0 Å². The van der Waals surface area contributed by atoms with Crippen molar-refractivity contribution in [2.75, 3.05) is 0 Å². The molecule has 5 aromatic heterocycles. The van der Waals surface area contributed by atoms with E-state index in [4.69, 9.17) is 9.40 Å². The maximum absolute atomic E-state index is 6.74. The summed E-state index contributed by atoms with van der Waals surface area (Å²) in [6.07, 6.45) is 5.20. The van der Waals surface area contributed by atoms with Gasteiger partial charge in [-0.2, -0.15) is 30.3 Å². The van der Waals surface area contributed by atoms with Crippen molar-refractivity contribution in [3.8, 4) is 16.9 Å². The second-order valence-electron chi connectivity index (χ2n) is 13.0. The number of para-hydroxylation sites is 5. The third-order valence-electron chi connectivity index (χ3n) is 10.1. The SMILES string of the molecule is C[n+]1[c-]n(-c2[c-]cccc2)c2ccccc21.Cc1cnc(-c2[c-]ccc3c2oc2c3cc3c4ccccc4n4c5ccccc5c2c34)cc1C.[Ir+3]. The molecular formula is C45H30IrN4O+. The number of pyridine rings is 1. The van der Waals surface area contributed by atoms with Crippen LogP contribution in [0, 0.1) is 32.3 Å². The van der Waals surface area contributed by atoms with Crippen LogP contribution < -0.4 is 4.57 Å². The van der Waals surface area contributed by atoms with Gasteiger partial charge in [-0.15, -0.1) is 18.2 Å². The largest absolute Gasteiger partial charge is 3.00 e. The minimum atomic E-state index is 0. The standard InChI is InChI=1S/C31H19N2O.C14H11N2.Ir/c1-17-14-25(32-16-18(17)2)21-11-7-10-20-24-15-23-19-8-3-5-12-26(19)33-27-13-6-4-9-22(27)28(29(23)33)31(24)34-30(20)21;1-15-11-16(12-7-3-2-4-8-12)14-10-6-5-9-13(14)15;/h3-10,12-16H,1-2H3;2-7,9-10H,1H3;/q2*-1;+3. The summed E-state index contributed by atoms with van der Waals surface area (Å²) in [7, 11) is 2.00. The Balaban J connectivity index is 0.000000173. The molecule has 6 heteroatoms. The van der Waals surface area contributed by atoms with E-state index in [-0.39, 0.29) is 20.1 Å². The summed E-state index contributed by atoms with van der Waals surface area (Å²) < 4.78 is 13.1. The molecule has 11 aromatic rings. The van der Waals surface area contributed by atoms with E-state index in [1.165, 1.54) is 54.7 Å². The average Bonchev–Trinajstić information content (AvgIpc) is 3.90. The van der Waals surface area contributed by atoms with E-state index in [2.05, 4.69) is 116 Å². The Morgan fingerprint density at radius 3 is 2.16 bits per heavy atom. The molecule has 6 aromatic carbocycles. The van der Waals surface area contributed by atoms with E-state index in [9.17, 15) is 0 Å². The molecule has 5 heterocycles. The molecule has 0 aliphatic heterocycles. The fourth-order valence-electron chi connectivity index (χ4n) is 7.55. The van der Waals surface area contributed by atoms with Crippen molar-refractivity contribution >= 4 is 71.1 Å². The molecular weight excluding hydrogens is 805 g/mol. The number of benzene rings is 6. The number of fused-ring (bicyclic) bond motifs is 11. The van der Waals surface area contributed by atoms with Gasteiger partial charge in [-0.05, 0) is 43.3 Å². The van der Waals surface area contributed by atoms with Crippen LogP contribution in [0.5, 0.6) is 0 Å². The first-order chi connectivity index (χ1) is 24.6. The quantitative estimate of drug-likeness (QED) is 0.129. The minimum absolute atomic E-state index is 0. The summed E-state index contributed by atoms with van der Waals surface area (Å²) in [6.45, 7) is 4.20. The van der Waals surface area contributed by atoms with Crippen molar-refractivity contribution in [3.05, 3.63) is 157 Å². The van der Waals surface area contributed by atoms with E-state index in [1.54, 1.807) is 0 Å². The smallest absolute Gasteiger partial charge is 0.500 e. The van der Waals surface area contributed by atoms with Crippen molar-refractivity contribution < 1.29 is 29.1 Å². The first-order valence-corrected chi connectivity index (χ1v) is 16.8. The zero-order valence-corrected chi connectivity index (χ0v) is 30.5. The van der Waals surface area contributed by atoms with Gasteiger partial charge in [0.05, 0.1) is 45.6 Å². The van der Waals surface area contributed by atoms with Crippen LogP contribution >= 0.6 is 0 Å². The Labute approximate surface area is 307 Å². The third-order valence-corrected chi connectivity index (χ3v) is 10.1. The maximum atomic E-state index is 6.74. The molecule has 0 aliphatic rings. The van der Waals surface area contributed by atoms with Gasteiger partial charge >= 0.3 is 20.1 Å². The molecule has 0 saturated carbocycles. The fraction of sp³-hybridized carbons (Fsp3) is 0.0667. The van der Waals surface area contributed by atoms with Gasteiger partial charge in [0.2, 0.25) is 6.33 Å². The van der Waals surface area contributed by atoms with Crippen LogP contribution in [-0.4, -0.2) is 14.0 Å². The number of rotatable bonds is 2. The van der Waals surface area contributed by atoms with Crippen LogP contribution in [0.1, 0.15) is 11.1 Å². The summed E-state index contributed by atoms with van der Waals surface area (Å²) in [6, 6.07) is 48.6. The Hall–Kier alpha value is -5.81. The molecule has 0 atom stereocenters. The minimum Gasteiger partial charge on any atom is -0.500 e. The summed E-state index contributed by atoms with van der Waals surface area (Å²) >= 11 is 0. The first-order valence-electron chi connectivity index (χ1n) is 16.8. The normalized spacial score (nSPS) is 11.7. The Morgan fingerprint density at radius 1 is 0.647 bits per heavy atom. The van der Waals surface area contributed by atoms with Crippen molar-refractivity contribution in [3.63, 3.8) is 0 Å². The van der Waals surface area contributed by atoms with Gasteiger partial charge in [-0.1, -0.05) is 88.9 Å². The van der Waals surface area contributed by atoms with Crippen molar-refractivity contribution in [1.29, 1.82) is 0 Å². The van der Waals surface area contributed by atoms with Gasteiger partial charge in [0, 0.05) is 27.7 Å². The molecule has 11 rings (SSSR count). The van der Waals surface area contributed by atoms with E-state index in [1.807, 2.05) is 64.8 Å². The summed E-state index contributed by atoms with van der Waals surface area (Å²) in [4.78, 5) is 4.71. The predicted octanol–water partition coefficient (Wildman–Crippen LogP) is 10.3. The van der Waals surface area contributed by atoms with Crippen LogP contribution in [-0.2, 0) is 27.2 Å². The predicted molar refractivity (Wildman–Crippen MR) is 202 cm³/mol. The molecule has 0 saturated heterocycles. The van der Waals surface area contributed by atoms with Crippen LogP contribution in [0.3, 0.4) is 0 Å². The first kappa shape index (κ1) is 31.2. The second-order valence-corrected chi connectivity index (χ2v) is 13.0. The molecule has 0 N–H and O–H groups in total. The molecule has 0 aliphatic carbocycles. The topological polar surface area (TPSA) is 39.2 Å². The molecule has 0 radical (unpaired) electrons. The van der Waals surface area contributed by atoms with Crippen molar-refractivity contribution in [2.24, 2.45) is 7.05 Å². The second kappa shape index (κ2) is 11.9. The fourth-order valence-corrected chi connectivity index (χ4v) is 7.55. The number of imidazole rings is 1. The molecule has 5 nitrogen and oxygen atoms in total. The summed E-state index contributed by atoms with van der Waals surface area (Å²) in [5.41, 5.74) is 13.0. The number of aryl methyl sites for hydroxylation is 3. The number of furan rings is 1. The number of hydrogen-bond acceptors (Lipinski definition) is 2. The summed E-state index contributed by atoms with van der Waals surface area (Å²) in [5, 5.41) is 7.15. The van der Waals surface area contributed by atoms with Crippen LogP contribution in [0.15, 0.2) is 132 Å². The third kappa shape index (κ3) is 4.64. The molecule has 0 spiro atoms. The van der Waals surface area contributed by atoms with Gasteiger partial charge < -0.3 is 22.9 Å². The molecule has 0 unspecified atom stereocenters. The van der Waals surface area contributed by atoms with E-state index < -0.39 is 0 Å². The number of hydrogen-bond donors (Lipinski definition) is 0. The van der Waals surface area contributed by atoms with Crippen molar-refractivity contribution in [2.45, 2.75) is 13.8 Å². The van der Waals surface area contributed by atoms with Gasteiger partial charge in [0.25, 0.3) is 0 Å². The van der Waals surface area contributed by atoms with E-state index in [0.29, 0.717) is 0 Å². The monoisotopic (exact) mass is 835 g/mol. The average molecular weight is 835 g/mol. The van der Waals surface area contributed by atoms with E-state index in [0.717, 1.165) is 44.4 Å². The van der Waals surface area contributed by atoms with E-state index >= 15 is 0 Å². The van der Waals surface area contributed by atoms with Crippen molar-refractivity contribution in [1.82, 2.24) is 14.0 Å². The molecule has 0 amide bonds. The molecule has 0 fully saturated rings. The maximum Gasteiger partial charge on any atom is 3.00 e. The van der Waals surface area contributed by atoms with Crippen LogP contribution in [0.2, 0.25) is 0 Å². The zero-order valence-electron chi connectivity index (χ0n) is 28.2. The van der Waals surface area contributed by atoms with Gasteiger partial charge in [0.15, 0.2) is 0 Å². The number of aromatic nitrogens is 4. The molecule has 51 heavy (non-hydrogen) atoms.